The summed E-state index contributed by atoms with van der Waals surface area (Å²) < 4.78 is 2.01. The molecule has 0 radical (unpaired) electrons. The van der Waals surface area contributed by atoms with Crippen LogP contribution < -0.4 is 10.6 Å². The zero-order valence-corrected chi connectivity index (χ0v) is 22.3. The number of thiophene rings is 1. The Hall–Kier alpha value is -3.27. The molecule has 2 fully saturated rings. The highest BCUT2D eigenvalue weighted by Gasteiger charge is 2.35. The average molecular weight is 519 g/mol. The number of aryl methyl sites for hydroxylation is 1. The number of carbonyl (C=O) groups is 1. The van der Waals surface area contributed by atoms with Crippen molar-refractivity contribution in [1.82, 2.24) is 29.9 Å². The number of benzene rings is 1. The fraction of sp³-hybridized carbons (Fsp3) is 0.519. The van der Waals surface area contributed by atoms with Crippen LogP contribution in [0.4, 0.5) is 11.8 Å². The van der Waals surface area contributed by atoms with E-state index in [1.54, 1.807) is 11.3 Å². The van der Waals surface area contributed by atoms with Crippen molar-refractivity contribution in [2.24, 2.45) is 11.8 Å². The van der Waals surface area contributed by atoms with Crippen molar-refractivity contribution >= 4 is 50.3 Å². The number of carbonyl (C=O) groups excluding carboxylic acids is 1. The van der Waals surface area contributed by atoms with E-state index in [2.05, 4.69) is 56.1 Å². The molecule has 3 aromatic heterocycles. The predicted octanol–water partition coefficient (Wildman–Crippen LogP) is 4.12. The number of nitrogens with zero attached hydrogens (tertiary/aromatic N) is 7. The first kappa shape index (κ1) is 24.1. The third-order valence-corrected chi connectivity index (χ3v) is 9.16. The van der Waals surface area contributed by atoms with Crippen molar-refractivity contribution < 1.29 is 4.79 Å². The second-order valence-corrected chi connectivity index (χ2v) is 11.6. The Bertz CT molecular complexity index is 1430. The van der Waals surface area contributed by atoms with E-state index in [9.17, 15) is 4.79 Å². The quantitative estimate of drug-likeness (QED) is 0.423. The fourth-order valence-corrected chi connectivity index (χ4v) is 7.04. The lowest BCUT2D eigenvalue weighted by molar-refractivity contribution is -0.138. The van der Waals surface area contributed by atoms with Gasteiger partial charge < -0.3 is 15.5 Å². The van der Waals surface area contributed by atoms with Gasteiger partial charge in [0.25, 0.3) is 0 Å². The van der Waals surface area contributed by atoms with Gasteiger partial charge in [-0.05, 0) is 56.7 Å². The van der Waals surface area contributed by atoms with E-state index in [1.165, 1.54) is 4.88 Å². The molecular weight excluding hydrogens is 484 g/mol. The lowest BCUT2D eigenvalue weighted by atomic mass is 9.80. The van der Waals surface area contributed by atoms with Crippen LogP contribution in [0.25, 0.3) is 21.3 Å². The molecule has 1 aliphatic heterocycles. The summed E-state index contributed by atoms with van der Waals surface area (Å²) in [7, 11) is 0. The number of aromatic nitrogens is 5. The molecule has 1 saturated heterocycles. The Morgan fingerprint density at radius 1 is 1.19 bits per heavy atom. The van der Waals surface area contributed by atoms with Gasteiger partial charge in [0.05, 0.1) is 10.9 Å². The number of rotatable bonds is 5. The highest BCUT2D eigenvalue weighted by molar-refractivity contribution is 7.18. The number of para-hydroxylation sites is 1. The molecule has 0 unspecified atom stereocenters. The molecule has 6 rings (SSSR count). The van der Waals surface area contributed by atoms with E-state index < -0.39 is 0 Å². The molecule has 37 heavy (non-hydrogen) atoms. The van der Waals surface area contributed by atoms with Gasteiger partial charge in [0.1, 0.15) is 16.2 Å². The summed E-state index contributed by atoms with van der Waals surface area (Å²) >= 11 is 1.68. The molecule has 10 heteroatoms. The van der Waals surface area contributed by atoms with E-state index >= 15 is 0 Å². The SMILES string of the molecule is CCc1cc2c(N3CCN(C(=O)[C@@H]4CCC[C@H](Cn5nnc6ccccc65)C4)C[C@@H]3C)nc(N)nc2s1. The number of nitrogens with two attached hydrogens (primary N) is 1. The standard InChI is InChI=1S/C27H34N8OS/c1-3-20-14-21-24(29-27(28)30-25(21)37-20)34-12-11-33(15-17(34)2)26(36)19-8-6-7-18(13-19)16-35-23-10-5-4-9-22(23)31-32-35/h4-5,9-10,14,17-19H,3,6-8,11-13,15-16H2,1-2H3,(H2,28,29,30)/t17-,18-,19+/m0/s1. The maximum absolute atomic E-state index is 13.6. The number of hydrogen-bond donors (Lipinski definition) is 1. The third-order valence-electron chi connectivity index (χ3n) is 7.98. The Morgan fingerprint density at radius 3 is 2.89 bits per heavy atom. The van der Waals surface area contributed by atoms with Crippen LogP contribution in [0.15, 0.2) is 30.3 Å². The van der Waals surface area contributed by atoms with E-state index in [1.807, 2.05) is 22.9 Å². The monoisotopic (exact) mass is 518 g/mol. The van der Waals surface area contributed by atoms with Gasteiger partial charge in [0, 0.05) is 43.0 Å². The Morgan fingerprint density at radius 2 is 2.05 bits per heavy atom. The topological polar surface area (TPSA) is 106 Å². The molecule has 0 bridgehead atoms. The summed E-state index contributed by atoms with van der Waals surface area (Å²) in [5, 5.41) is 9.75. The van der Waals surface area contributed by atoms with Crippen LogP contribution in [-0.4, -0.2) is 61.4 Å². The molecular formula is C27H34N8OS. The third kappa shape index (κ3) is 4.63. The van der Waals surface area contributed by atoms with Gasteiger partial charge in [-0.3, -0.25) is 4.79 Å². The van der Waals surface area contributed by atoms with Crippen LogP contribution in [0.2, 0.25) is 0 Å². The van der Waals surface area contributed by atoms with Crippen molar-refractivity contribution in [1.29, 1.82) is 0 Å². The minimum atomic E-state index is 0.0812. The molecule has 4 heterocycles. The predicted molar refractivity (Wildman–Crippen MR) is 148 cm³/mol. The van der Waals surface area contributed by atoms with Gasteiger partial charge in [0.2, 0.25) is 11.9 Å². The first-order valence-corrected chi connectivity index (χ1v) is 14.2. The largest absolute Gasteiger partial charge is 0.368 e. The Labute approximate surface area is 220 Å². The average Bonchev–Trinajstić information content (AvgIpc) is 3.52. The van der Waals surface area contributed by atoms with Gasteiger partial charge in [-0.1, -0.05) is 30.7 Å². The van der Waals surface area contributed by atoms with E-state index in [-0.39, 0.29) is 12.0 Å². The van der Waals surface area contributed by atoms with Crippen molar-refractivity contribution in [3.05, 3.63) is 35.2 Å². The van der Waals surface area contributed by atoms with Crippen LogP contribution in [0, 0.1) is 11.8 Å². The van der Waals surface area contributed by atoms with Gasteiger partial charge in [-0.25, -0.2) is 9.67 Å². The molecule has 1 aromatic carbocycles. The number of fused-ring (bicyclic) bond motifs is 2. The summed E-state index contributed by atoms with van der Waals surface area (Å²) in [5.74, 6) is 2.03. The van der Waals surface area contributed by atoms with Crippen LogP contribution in [0.1, 0.15) is 44.4 Å². The van der Waals surface area contributed by atoms with E-state index in [4.69, 9.17) is 5.73 Å². The van der Waals surface area contributed by atoms with Crippen LogP contribution >= 0.6 is 11.3 Å². The van der Waals surface area contributed by atoms with Crippen molar-refractivity contribution in [2.75, 3.05) is 30.3 Å². The fourth-order valence-electron chi connectivity index (χ4n) is 6.07. The number of nitrogen functional groups attached to an aromatic ring is 1. The highest BCUT2D eigenvalue weighted by atomic mass is 32.1. The van der Waals surface area contributed by atoms with Crippen molar-refractivity contribution in [3.63, 3.8) is 0 Å². The van der Waals surface area contributed by atoms with Crippen LogP contribution in [0.3, 0.4) is 0 Å². The van der Waals surface area contributed by atoms with E-state index in [0.717, 1.165) is 72.3 Å². The van der Waals surface area contributed by atoms with Gasteiger partial charge in [-0.2, -0.15) is 4.98 Å². The van der Waals surface area contributed by atoms with Gasteiger partial charge in [0.15, 0.2) is 0 Å². The number of amides is 1. The smallest absolute Gasteiger partial charge is 0.225 e. The number of hydrogen-bond acceptors (Lipinski definition) is 8. The van der Waals surface area contributed by atoms with Crippen LogP contribution in [0.5, 0.6) is 0 Å². The van der Waals surface area contributed by atoms with Crippen LogP contribution in [-0.2, 0) is 17.8 Å². The Balaban J connectivity index is 1.13. The van der Waals surface area contributed by atoms with Gasteiger partial charge >= 0.3 is 0 Å². The molecule has 1 aliphatic carbocycles. The molecule has 194 valence electrons. The van der Waals surface area contributed by atoms with E-state index in [0.29, 0.717) is 30.9 Å². The zero-order valence-electron chi connectivity index (χ0n) is 21.5. The second-order valence-electron chi connectivity index (χ2n) is 10.5. The molecule has 2 N–H and O–H groups in total. The van der Waals surface area contributed by atoms with Crippen molar-refractivity contribution in [2.45, 2.75) is 58.5 Å². The number of piperazine rings is 1. The first-order valence-electron chi connectivity index (χ1n) is 13.4. The maximum Gasteiger partial charge on any atom is 0.225 e. The van der Waals surface area contributed by atoms with Gasteiger partial charge in [-0.15, -0.1) is 16.4 Å². The molecule has 1 amide bonds. The summed E-state index contributed by atoms with van der Waals surface area (Å²) in [6.07, 6.45) is 5.07. The molecule has 1 saturated carbocycles. The maximum atomic E-state index is 13.6. The molecule has 4 aromatic rings. The summed E-state index contributed by atoms with van der Waals surface area (Å²) in [6.45, 7) is 7.29. The lowest BCUT2D eigenvalue weighted by Gasteiger charge is -2.42. The lowest BCUT2D eigenvalue weighted by Crippen LogP contribution is -2.55. The zero-order chi connectivity index (χ0) is 25.5. The normalized spacial score (nSPS) is 22.7. The summed E-state index contributed by atoms with van der Waals surface area (Å²) in [6, 6.07) is 10.4. The minimum absolute atomic E-state index is 0.0812. The summed E-state index contributed by atoms with van der Waals surface area (Å²) in [5.41, 5.74) is 8.07. The Kier molecular flexibility index (Phi) is 6.44. The summed E-state index contributed by atoms with van der Waals surface area (Å²) in [4.78, 5) is 29.3. The molecule has 2 aliphatic rings. The number of anilines is 2. The second kappa shape index (κ2) is 9.89. The molecule has 9 nitrogen and oxygen atoms in total. The minimum Gasteiger partial charge on any atom is -0.368 e. The first-order chi connectivity index (χ1) is 18.0. The molecule has 3 atom stereocenters. The highest BCUT2D eigenvalue weighted by Crippen LogP contribution is 2.35. The van der Waals surface area contributed by atoms with Crippen molar-refractivity contribution in [3.8, 4) is 0 Å². The molecule has 0 spiro atoms.